The van der Waals surface area contributed by atoms with Crippen LogP contribution >= 0.6 is 38.9 Å². The van der Waals surface area contributed by atoms with Crippen LogP contribution in [-0.4, -0.2) is 4.98 Å². The number of hydrogen-bond donors (Lipinski definition) is 1. The van der Waals surface area contributed by atoms with Crippen molar-refractivity contribution in [2.24, 2.45) is 0 Å². The lowest BCUT2D eigenvalue weighted by atomic mass is 10.1. The molecule has 0 radical (unpaired) electrons. The van der Waals surface area contributed by atoms with Crippen molar-refractivity contribution >= 4 is 44.0 Å². The highest BCUT2D eigenvalue weighted by Gasteiger charge is 2.08. The summed E-state index contributed by atoms with van der Waals surface area (Å²) < 4.78 is 1.02. The predicted octanol–water partition coefficient (Wildman–Crippen LogP) is 4.04. The zero-order valence-corrected chi connectivity index (χ0v) is 11.8. The summed E-state index contributed by atoms with van der Waals surface area (Å²) >= 11 is 10.9. The van der Waals surface area contributed by atoms with Crippen molar-refractivity contribution in [3.05, 3.63) is 43.8 Å². The van der Waals surface area contributed by atoms with Crippen LogP contribution in [0.3, 0.4) is 0 Å². The average molecular weight is 318 g/mol. The van der Waals surface area contributed by atoms with Gasteiger partial charge in [0, 0.05) is 20.8 Å². The van der Waals surface area contributed by atoms with Crippen LogP contribution in [0.25, 0.3) is 0 Å². The fourth-order valence-electron chi connectivity index (χ4n) is 1.45. The second-order valence-corrected chi connectivity index (χ2v) is 5.88. The van der Waals surface area contributed by atoms with E-state index in [1.807, 2.05) is 25.1 Å². The van der Waals surface area contributed by atoms with Crippen molar-refractivity contribution < 1.29 is 0 Å². The minimum Gasteiger partial charge on any atom is -0.375 e. The van der Waals surface area contributed by atoms with Gasteiger partial charge in [-0.25, -0.2) is 4.98 Å². The van der Waals surface area contributed by atoms with Crippen molar-refractivity contribution in [2.75, 3.05) is 5.73 Å². The molecule has 5 heteroatoms. The Labute approximate surface area is 112 Å². The molecule has 2 aromatic rings. The smallest absolute Gasteiger partial charge is 0.180 e. The molecule has 0 spiro atoms. The summed E-state index contributed by atoms with van der Waals surface area (Å²) in [6, 6.07) is 5.81. The van der Waals surface area contributed by atoms with Gasteiger partial charge in [0.05, 0.1) is 5.69 Å². The van der Waals surface area contributed by atoms with Gasteiger partial charge in [0.15, 0.2) is 5.13 Å². The Hall–Kier alpha value is -0.580. The molecule has 0 saturated heterocycles. The first-order chi connectivity index (χ1) is 7.56. The number of thiazole rings is 1. The summed E-state index contributed by atoms with van der Waals surface area (Å²) in [4.78, 5) is 5.40. The summed E-state index contributed by atoms with van der Waals surface area (Å²) in [6.45, 7) is 1.98. The Balaban J connectivity index is 2.30. The van der Waals surface area contributed by atoms with E-state index >= 15 is 0 Å². The van der Waals surface area contributed by atoms with Gasteiger partial charge in [0.1, 0.15) is 0 Å². The molecule has 0 fully saturated rings. The number of aryl methyl sites for hydroxylation is 1. The normalized spacial score (nSPS) is 10.7. The molecule has 0 bridgehead atoms. The third-order valence-electron chi connectivity index (χ3n) is 2.28. The highest BCUT2D eigenvalue weighted by atomic mass is 79.9. The predicted molar refractivity (Wildman–Crippen MR) is 73.2 cm³/mol. The number of aromatic nitrogens is 1. The molecule has 1 aromatic heterocycles. The number of benzene rings is 1. The zero-order valence-electron chi connectivity index (χ0n) is 8.63. The fourth-order valence-corrected chi connectivity index (χ4v) is 3.13. The summed E-state index contributed by atoms with van der Waals surface area (Å²) in [5.74, 6) is 0. The van der Waals surface area contributed by atoms with E-state index in [2.05, 4.69) is 20.9 Å². The van der Waals surface area contributed by atoms with Crippen molar-refractivity contribution in [3.63, 3.8) is 0 Å². The standard InChI is InChI=1S/C11H10BrClN2S/c1-6-10(16-11(14)15-6)4-7-2-3-8(13)5-9(7)12/h2-3,5H,4H2,1H3,(H2,14,15). The van der Waals surface area contributed by atoms with Gasteiger partial charge in [-0.1, -0.05) is 33.6 Å². The molecule has 0 aliphatic rings. The first-order valence-corrected chi connectivity index (χ1v) is 6.70. The van der Waals surface area contributed by atoms with E-state index in [1.54, 1.807) is 0 Å². The molecule has 1 aromatic carbocycles. The second-order valence-electron chi connectivity index (χ2n) is 3.47. The maximum absolute atomic E-state index is 5.90. The Bertz CT molecular complexity index is 525. The minimum absolute atomic E-state index is 0.623. The molecule has 0 aliphatic heterocycles. The molecule has 0 amide bonds. The van der Waals surface area contributed by atoms with Crippen molar-refractivity contribution in [2.45, 2.75) is 13.3 Å². The van der Waals surface area contributed by atoms with Crippen LogP contribution < -0.4 is 5.73 Å². The molecule has 2 N–H and O–H groups in total. The number of rotatable bonds is 2. The van der Waals surface area contributed by atoms with Crippen LogP contribution in [0.15, 0.2) is 22.7 Å². The van der Waals surface area contributed by atoms with Gasteiger partial charge in [-0.15, -0.1) is 11.3 Å². The molecule has 2 nitrogen and oxygen atoms in total. The van der Waals surface area contributed by atoms with Crippen LogP contribution in [0, 0.1) is 6.92 Å². The van der Waals surface area contributed by atoms with Crippen molar-refractivity contribution in [1.29, 1.82) is 0 Å². The first-order valence-electron chi connectivity index (χ1n) is 4.72. The first kappa shape index (κ1) is 11.9. The number of nitrogen functional groups attached to an aromatic ring is 1. The Kier molecular flexibility index (Phi) is 3.52. The van der Waals surface area contributed by atoms with Gasteiger partial charge < -0.3 is 5.73 Å². The summed E-state index contributed by atoms with van der Waals surface area (Å²) in [5.41, 5.74) is 7.86. The summed E-state index contributed by atoms with van der Waals surface area (Å²) in [7, 11) is 0. The molecule has 0 unspecified atom stereocenters. The highest BCUT2D eigenvalue weighted by molar-refractivity contribution is 9.10. The number of anilines is 1. The van der Waals surface area contributed by atoms with E-state index in [0.717, 1.165) is 21.6 Å². The molecule has 0 aliphatic carbocycles. The quantitative estimate of drug-likeness (QED) is 0.908. The van der Waals surface area contributed by atoms with Gasteiger partial charge in [-0.05, 0) is 24.6 Å². The Morgan fingerprint density at radius 3 is 2.81 bits per heavy atom. The lowest BCUT2D eigenvalue weighted by molar-refractivity contribution is 1.14. The van der Waals surface area contributed by atoms with Crippen LogP contribution in [0.5, 0.6) is 0 Å². The van der Waals surface area contributed by atoms with E-state index in [0.29, 0.717) is 5.13 Å². The van der Waals surface area contributed by atoms with Gasteiger partial charge in [-0.3, -0.25) is 0 Å². The van der Waals surface area contributed by atoms with Gasteiger partial charge >= 0.3 is 0 Å². The second kappa shape index (κ2) is 4.73. The van der Waals surface area contributed by atoms with Gasteiger partial charge in [0.2, 0.25) is 0 Å². The maximum Gasteiger partial charge on any atom is 0.180 e. The molecule has 1 heterocycles. The summed E-state index contributed by atoms with van der Waals surface area (Å²) in [5, 5.41) is 1.36. The molecule has 0 saturated carbocycles. The highest BCUT2D eigenvalue weighted by Crippen LogP contribution is 2.28. The van der Waals surface area contributed by atoms with Crippen LogP contribution in [0.4, 0.5) is 5.13 Å². The Morgan fingerprint density at radius 2 is 2.25 bits per heavy atom. The minimum atomic E-state index is 0.623. The lowest BCUT2D eigenvalue weighted by Crippen LogP contribution is -1.89. The van der Waals surface area contributed by atoms with E-state index in [1.165, 1.54) is 21.8 Å². The molecular weight excluding hydrogens is 308 g/mol. The van der Waals surface area contributed by atoms with E-state index in [-0.39, 0.29) is 0 Å². The molecule has 2 rings (SSSR count). The van der Waals surface area contributed by atoms with Crippen molar-refractivity contribution in [1.82, 2.24) is 4.98 Å². The third kappa shape index (κ3) is 2.56. The van der Waals surface area contributed by atoms with Gasteiger partial charge in [0.25, 0.3) is 0 Å². The maximum atomic E-state index is 5.90. The van der Waals surface area contributed by atoms with Crippen LogP contribution in [0.1, 0.15) is 16.1 Å². The number of hydrogen-bond acceptors (Lipinski definition) is 3. The van der Waals surface area contributed by atoms with E-state index in [4.69, 9.17) is 17.3 Å². The molecule has 84 valence electrons. The molecular formula is C11H10BrClN2S. The largest absolute Gasteiger partial charge is 0.375 e. The monoisotopic (exact) mass is 316 g/mol. The van der Waals surface area contributed by atoms with E-state index < -0.39 is 0 Å². The number of nitrogens with two attached hydrogens (primary N) is 1. The average Bonchev–Trinajstić information content (AvgIpc) is 2.50. The summed E-state index contributed by atoms with van der Waals surface area (Å²) in [6.07, 6.45) is 0.832. The van der Waals surface area contributed by atoms with Crippen LogP contribution in [0.2, 0.25) is 5.02 Å². The Morgan fingerprint density at radius 1 is 1.50 bits per heavy atom. The van der Waals surface area contributed by atoms with E-state index in [9.17, 15) is 0 Å². The fraction of sp³-hybridized carbons (Fsp3) is 0.182. The number of nitrogens with zero attached hydrogens (tertiary/aromatic N) is 1. The lowest BCUT2D eigenvalue weighted by Gasteiger charge is -2.03. The van der Waals surface area contributed by atoms with Crippen LogP contribution in [-0.2, 0) is 6.42 Å². The van der Waals surface area contributed by atoms with Crippen molar-refractivity contribution in [3.8, 4) is 0 Å². The molecule has 16 heavy (non-hydrogen) atoms. The SMILES string of the molecule is Cc1nc(N)sc1Cc1ccc(Cl)cc1Br. The number of halogens is 2. The third-order valence-corrected chi connectivity index (χ3v) is 4.24. The van der Waals surface area contributed by atoms with Gasteiger partial charge in [-0.2, -0.15) is 0 Å². The zero-order chi connectivity index (χ0) is 11.7. The molecule has 0 atom stereocenters. The topological polar surface area (TPSA) is 38.9 Å².